The largest absolute Gasteiger partial charge is 0.179 e. The summed E-state index contributed by atoms with van der Waals surface area (Å²) >= 11 is 4.48. The highest BCUT2D eigenvalue weighted by Crippen LogP contribution is 2.19. The van der Waals surface area contributed by atoms with Crippen LogP contribution in [0.1, 0.15) is 84.5 Å². The molecule has 0 aliphatic carbocycles. The number of unbranched alkanes of at least 4 members (excludes halogenated alkanes) is 7. The molecule has 98 valence electrons. The van der Waals surface area contributed by atoms with E-state index in [0.29, 0.717) is 0 Å². The number of hydrogen-bond acceptors (Lipinski definition) is 1. The highest BCUT2D eigenvalue weighted by atomic mass is 32.1. The molecule has 0 aliphatic rings. The molecule has 0 fully saturated rings. The number of rotatable bonds is 12. The predicted molar refractivity (Wildman–Crippen MR) is 79.5 cm³/mol. The zero-order valence-electron chi connectivity index (χ0n) is 11.5. The Morgan fingerprint density at radius 1 is 0.688 bits per heavy atom. The predicted octanol–water partition coefficient (Wildman–Crippen LogP) is 5.86. The van der Waals surface area contributed by atoms with Crippen LogP contribution in [0.4, 0.5) is 0 Å². The standard InChI is InChI=1S/C15H32S/c1-3-5-7-9-11-13-15(14-16)12-10-8-6-4-2/h15-16H,3-14H2,1-2H3. The van der Waals surface area contributed by atoms with Gasteiger partial charge >= 0.3 is 0 Å². The van der Waals surface area contributed by atoms with E-state index >= 15 is 0 Å². The minimum Gasteiger partial charge on any atom is -0.179 e. The molecule has 0 saturated carbocycles. The van der Waals surface area contributed by atoms with E-state index in [1.165, 1.54) is 70.6 Å². The van der Waals surface area contributed by atoms with Crippen LogP contribution >= 0.6 is 12.6 Å². The van der Waals surface area contributed by atoms with Gasteiger partial charge in [0.1, 0.15) is 0 Å². The molecule has 0 aliphatic heterocycles. The van der Waals surface area contributed by atoms with Gasteiger partial charge in [-0.05, 0) is 24.5 Å². The van der Waals surface area contributed by atoms with Gasteiger partial charge in [0.05, 0.1) is 0 Å². The van der Waals surface area contributed by atoms with Gasteiger partial charge in [-0.2, -0.15) is 12.6 Å². The van der Waals surface area contributed by atoms with Crippen molar-refractivity contribution in [3.05, 3.63) is 0 Å². The molecule has 16 heavy (non-hydrogen) atoms. The highest BCUT2D eigenvalue weighted by molar-refractivity contribution is 7.80. The van der Waals surface area contributed by atoms with Crippen molar-refractivity contribution >= 4 is 12.6 Å². The lowest BCUT2D eigenvalue weighted by Gasteiger charge is -2.13. The van der Waals surface area contributed by atoms with Crippen molar-refractivity contribution in [2.75, 3.05) is 5.75 Å². The van der Waals surface area contributed by atoms with Crippen molar-refractivity contribution in [2.24, 2.45) is 5.92 Å². The van der Waals surface area contributed by atoms with E-state index in [0.717, 1.165) is 11.7 Å². The molecule has 0 nitrogen and oxygen atoms in total. The fourth-order valence-corrected chi connectivity index (χ4v) is 2.59. The number of thiol groups is 1. The number of hydrogen-bond donors (Lipinski definition) is 1. The first-order chi connectivity index (χ1) is 7.85. The Labute approximate surface area is 109 Å². The summed E-state index contributed by atoms with van der Waals surface area (Å²) in [5, 5.41) is 0. The Bertz CT molecular complexity index is 123. The van der Waals surface area contributed by atoms with Crippen LogP contribution in [0.25, 0.3) is 0 Å². The average Bonchev–Trinajstić information content (AvgIpc) is 2.31. The van der Waals surface area contributed by atoms with Gasteiger partial charge in [0.15, 0.2) is 0 Å². The summed E-state index contributed by atoms with van der Waals surface area (Å²) in [5.74, 6) is 1.99. The molecule has 1 heteroatoms. The Kier molecular flexibility index (Phi) is 13.7. The van der Waals surface area contributed by atoms with Crippen LogP contribution in [0.3, 0.4) is 0 Å². The van der Waals surface area contributed by atoms with Gasteiger partial charge in [-0.1, -0.05) is 71.6 Å². The highest BCUT2D eigenvalue weighted by Gasteiger charge is 2.05. The molecule has 0 heterocycles. The topological polar surface area (TPSA) is 0 Å². The first kappa shape index (κ1) is 16.4. The van der Waals surface area contributed by atoms with Gasteiger partial charge < -0.3 is 0 Å². The van der Waals surface area contributed by atoms with Gasteiger partial charge in [-0.25, -0.2) is 0 Å². The van der Waals surface area contributed by atoms with E-state index in [1.807, 2.05) is 0 Å². The maximum atomic E-state index is 4.48. The van der Waals surface area contributed by atoms with Gasteiger partial charge in [0, 0.05) is 0 Å². The molecule has 0 saturated heterocycles. The van der Waals surface area contributed by atoms with Crippen LogP contribution in [-0.4, -0.2) is 5.75 Å². The Morgan fingerprint density at radius 3 is 1.56 bits per heavy atom. The summed E-state index contributed by atoms with van der Waals surface area (Å²) in [6.45, 7) is 4.56. The van der Waals surface area contributed by atoms with Gasteiger partial charge in [0.25, 0.3) is 0 Å². The quantitative estimate of drug-likeness (QED) is 0.322. The fraction of sp³-hybridized carbons (Fsp3) is 1.00. The SMILES string of the molecule is CCCCCCCC(CS)CCCCCC. The second-order valence-electron chi connectivity index (χ2n) is 5.10. The molecule has 1 atom stereocenters. The van der Waals surface area contributed by atoms with E-state index in [-0.39, 0.29) is 0 Å². The Balaban J connectivity index is 3.29. The van der Waals surface area contributed by atoms with E-state index in [1.54, 1.807) is 0 Å². The van der Waals surface area contributed by atoms with Crippen molar-refractivity contribution in [1.29, 1.82) is 0 Å². The first-order valence-corrected chi connectivity index (χ1v) is 8.09. The maximum absolute atomic E-state index is 4.48. The molecule has 1 unspecified atom stereocenters. The molecule has 0 aromatic heterocycles. The monoisotopic (exact) mass is 244 g/mol. The van der Waals surface area contributed by atoms with E-state index in [4.69, 9.17) is 0 Å². The fourth-order valence-electron chi connectivity index (χ4n) is 2.22. The minimum absolute atomic E-state index is 0.891. The normalized spacial score (nSPS) is 12.9. The lowest BCUT2D eigenvalue weighted by molar-refractivity contribution is 0.441. The Morgan fingerprint density at radius 2 is 1.12 bits per heavy atom. The third-order valence-electron chi connectivity index (χ3n) is 3.44. The second-order valence-corrected chi connectivity index (χ2v) is 5.47. The molecule has 0 bridgehead atoms. The smallest absolute Gasteiger partial charge is 0.00695 e. The summed E-state index contributed by atoms with van der Waals surface area (Å²) < 4.78 is 0. The van der Waals surface area contributed by atoms with E-state index in [9.17, 15) is 0 Å². The van der Waals surface area contributed by atoms with Gasteiger partial charge in [-0.15, -0.1) is 0 Å². The van der Waals surface area contributed by atoms with Crippen LogP contribution < -0.4 is 0 Å². The first-order valence-electron chi connectivity index (χ1n) is 7.46. The molecule has 0 N–H and O–H groups in total. The van der Waals surface area contributed by atoms with Crippen LogP contribution in [0.5, 0.6) is 0 Å². The van der Waals surface area contributed by atoms with Crippen molar-refractivity contribution in [1.82, 2.24) is 0 Å². The molecule has 0 rings (SSSR count). The molecule has 0 aromatic carbocycles. The summed E-state index contributed by atoms with van der Waals surface area (Å²) in [7, 11) is 0. The van der Waals surface area contributed by atoms with Crippen LogP contribution in [0, 0.1) is 5.92 Å². The maximum Gasteiger partial charge on any atom is -0.00695 e. The van der Waals surface area contributed by atoms with Crippen LogP contribution in [-0.2, 0) is 0 Å². The zero-order valence-corrected chi connectivity index (χ0v) is 12.4. The molecular formula is C15H32S. The van der Waals surface area contributed by atoms with Crippen LogP contribution in [0.2, 0.25) is 0 Å². The summed E-state index contributed by atoms with van der Waals surface area (Å²) in [6.07, 6.45) is 15.5. The summed E-state index contributed by atoms with van der Waals surface area (Å²) in [5.41, 5.74) is 0. The van der Waals surface area contributed by atoms with Gasteiger partial charge in [-0.3, -0.25) is 0 Å². The molecule has 0 amide bonds. The summed E-state index contributed by atoms with van der Waals surface area (Å²) in [4.78, 5) is 0. The average molecular weight is 244 g/mol. The molecular weight excluding hydrogens is 212 g/mol. The third kappa shape index (κ3) is 10.9. The lowest BCUT2D eigenvalue weighted by atomic mass is 9.96. The second kappa shape index (κ2) is 13.4. The van der Waals surface area contributed by atoms with Gasteiger partial charge in [0.2, 0.25) is 0 Å². The molecule has 0 radical (unpaired) electrons. The van der Waals surface area contributed by atoms with Crippen molar-refractivity contribution < 1.29 is 0 Å². The van der Waals surface area contributed by atoms with E-state index in [2.05, 4.69) is 26.5 Å². The zero-order chi connectivity index (χ0) is 12.1. The Hall–Kier alpha value is 0.350. The minimum atomic E-state index is 0.891. The molecule has 0 aromatic rings. The van der Waals surface area contributed by atoms with Crippen molar-refractivity contribution in [3.63, 3.8) is 0 Å². The van der Waals surface area contributed by atoms with Crippen LogP contribution in [0.15, 0.2) is 0 Å². The third-order valence-corrected chi connectivity index (χ3v) is 3.96. The summed E-state index contributed by atoms with van der Waals surface area (Å²) in [6, 6.07) is 0. The van der Waals surface area contributed by atoms with E-state index < -0.39 is 0 Å². The van der Waals surface area contributed by atoms with Crippen molar-refractivity contribution in [3.8, 4) is 0 Å². The lowest BCUT2D eigenvalue weighted by Crippen LogP contribution is -2.02. The molecule has 0 spiro atoms. The van der Waals surface area contributed by atoms with Crippen molar-refractivity contribution in [2.45, 2.75) is 84.5 Å².